The zero-order valence-electron chi connectivity index (χ0n) is 10.6. The smallest absolute Gasteiger partial charge is 0.339 e. The largest absolute Gasteiger partial charge is 0.478 e. The third-order valence-corrected chi connectivity index (χ3v) is 3.52. The Morgan fingerprint density at radius 3 is 2.52 bits per heavy atom. The Bertz CT molecular complexity index is 802. The third kappa shape index (κ3) is 2.55. The first-order chi connectivity index (χ1) is 10.2. The van der Waals surface area contributed by atoms with E-state index in [0.29, 0.717) is 17.2 Å². The highest BCUT2D eigenvalue weighted by atomic mass is 79.9. The summed E-state index contributed by atoms with van der Waals surface area (Å²) in [4.78, 5) is 19.6. The van der Waals surface area contributed by atoms with Crippen LogP contribution in [0.1, 0.15) is 10.4 Å². The summed E-state index contributed by atoms with van der Waals surface area (Å²) in [5.41, 5.74) is 1.15. The highest BCUT2D eigenvalue weighted by Gasteiger charge is 2.19. The number of carboxylic acids is 1. The summed E-state index contributed by atoms with van der Waals surface area (Å²) in [6.07, 6.45) is 4.55. The first kappa shape index (κ1) is 13.4. The number of halogens is 1. The molecule has 0 spiro atoms. The topological polar surface area (TPSA) is 80.9 Å². The van der Waals surface area contributed by atoms with E-state index in [-0.39, 0.29) is 5.56 Å². The van der Waals surface area contributed by atoms with Gasteiger partial charge in [0, 0.05) is 28.6 Å². The Kier molecular flexibility index (Phi) is 3.49. The number of carboxylic acid groups (broad SMARTS) is 1. The van der Waals surface area contributed by atoms with Crippen molar-refractivity contribution in [3.05, 3.63) is 59.0 Å². The molecule has 0 fully saturated rings. The van der Waals surface area contributed by atoms with Crippen molar-refractivity contribution in [3.63, 3.8) is 0 Å². The standard InChI is InChI=1S/C14H9BrN4O2/c15-11-5-2-1-4-9(11)12-10(13(20)21)8-19(18-12)14-16-6-3-7-17-14/h1-8H,(H,20,21). The number of benzene rings is 1. The number of hydrogen-bond acceptors (Lipinski definition) is 4. The molecule has 0 atom stereocenters. The molecule has 21 heavy (non-hydrogen) atoms. The van der Waals surface area contributed by atoms with Crippen LogP contribution in [-0.4, -0.2) is 30.8 Å². The van der Waals surface area contributed by atoms with Gasteiger partial charge in [-0.05, 0) is 12.1 Å². The lowest BCUT2D eigenvalue weighted by Gasteiger charge is -2.01. The van der Waals surface area contributed by atoms with Crippen LogP contribution in [0.15, 0.2) is 53.4 Å². The fourth-order valence-corrected chi connectivity index (χ4v) is 2.37. The van der Waals surface area contributed by atoms with E-state index in [1.54, 1.807) is 24.5 Å². The van der Waals surface area contributed by atoms with Crippen LogP contribution in [0.2, 0.25) is 0 Å². The molecule has 0 bridgehead atoms. The van der Waals surface area contributed by atoms with Gasteiger partial charge < -0.3 is 5.11 Å². The summed E-state index contributed by atoms with van der Waals surface area (Å²) >= 11 is 3.41. The summed E-state index contributed by atoms with van der Waals surface area (Å²) in [5.74, 6) is -0.735. The van der Waals surface area contributed by atoms with Gasteiger partial charge in [0.15, 0.2) is 0 Å². The van der Waals surface area contributed by atoms with Gasteiger partial charge in [0.05, 0.1) is 0 Å². The molecule has 0 saturated carbocycles. The van der Waals surface area contributed by atoms with Gasteiger partial charge in [-0.2, -0.15) is 5.10 Å². The minimum atomic E-state index is -1.05. The molecule has 1 aromatic carbocycles. The fourth-order valence-electron chi connectivity index (χ4n) is 1.89. The molecular weight excluding hydrogens is 336 g/mol. The lowest BCUT2D eigenvalue weighted by Crippen LogP contribution is -2.00. The van der Waals surface area contributed by atoms with Crippen molar-refractivity contribution in [2.75, 3.05) is 0 Å². The van der Waals surface area contributed by atoms with Crippen molar-refractivity contribution in [2.45, 2.75) is 0 Å². The van der Waals surface area contributed by atoms with Crippen molar-refractivity contribution in [1.29, 1.82) is 0 Å². The van der Waals surface area contributed by atoms with Crippen LogP contribution in [0, 0.1) is 0 Å². The lowest BCUT2D eigenvalue weighted by atomic mass is 10.1. The average molecular weight is 345 g/mol. The maximum Gasteiger partial charge on any atom is 0.339 e. The number of carbonyl (C=O) groups is 1. The molecule has 0 amide bonds. The zero-order chi connectivity index (χ0) is 14.8. The number of rotatable bonds is 3. The van der Waals surface area contributed by atoms with Crippen molar-refractivity contribution < 1.29 is 9.90 Å². The zero-order valence-corrected chi connectivity index (χ0v) is 12.2. The average Bonchev–Trinajstić information content (AvgIpc) is 2.94. The molecule has 3 rings (SSSR count). The first-order valence-electron chi connectivity index (χ1n) is 6.02. The molecule has 2 heterocycles. The molecule has 0 saturated heterocycles. The Morgan fingerprint density at radius 1 is 1.14 bits per heavy atom. The van der Waals surface area contributed by atoms with Gasteiger partial charge in [0.25, 0.3) is 0 Å². The second-order valence-electron chi connectivity index (χ2n) is 4.17. The maximum atomic E-state index is 11.4. The Labute approximate surface area is 128 Å². The number of hydrogen-bond donors (Lipinski definition) is 1. The monoisotopic (exact) mass is 344 g/mol. The highest BCUT2D eigenvalue weighted by molar-refractivity contribution is 9.10. The molecule has 2 aromatic heterocycles. The normalized spacial score (nSPS) is 10.5. The second kappa shape index (κ2) is 5.45. The first-order valence-corrected chi connectivity index (χ1v) is 6.81. The van der Waals surface area contributed by atoms with Crippen LogP contribution < -0.4 is 0 Å². The quantitative estimate of drug-likeness (QED) is 0.789. The van der Waals surface area contributed by atoms with Gasteiger partial charge in [-0.15, -0.1) is 0 Å². The van der Waals surface area contributed by atoms with Crippen LogP contribution >= 0.6 is 15.9 Å². The van der Waals surface area contributed by atoms with E-state index in [2.05, 4.69) is 31.0 Å². The SMILES string of the molecule is O=C(O)c1cn(-c2ncccn2)nc1-c1ccccc1Br. The molecular formula is C14H9BrN4O2. The summed E-state index contributed by atoms with van der Waals surface area (Å²) in [6.45, 7) is 0. The molecule has 0 radical (unpaired) electrons. The van der Waals surface area contributed by atoms with E-state index in [1.807, 2.05) is 18.2 Å². The van der Waals surface area contributed by atoms with Crippen molar-refractivity contribution in [3.8, 4) is 17.2 Å². The lowest BCUT2D eigenvalue weighted by molar-refractivity contribution is 0.0697. The van der Waals surface area contributed by atoms with Crippen LogP contribution in [0.4, 0.5) is 0 Å². The van der Waals surface area contributed by atoms with Crippen molar-refractivity contribution in [2.24, 2.45) is 0 Å². The minimum absolute atomic E-state index is 0.0920. The van der Waals surface area contributed by atoms with E-state index in [9.17, 15) is 9.90 Å². The van der Waals surface area contributed by atoms with E-state index in [1.165, 1.54) is 10.9 Å². The summed E-state index contributed by atoms with van der Waals surface area (Å²) < 4.78 is 2.13. The Morgan fingerprint density at radius 2 is 1.86 bits per heavy atom. The Hall–Kier alpha value is -2.54. The highest BCUT2D eigenvalue weighted by Crippen LogP contribution is 2.29. The predicted octanol–water partition coefficient (Wildman–Crippen LogP) is 2.79. The van der Waals surface area contributed by atoms with E-state index >= 15 is 0 Å². The summed E-state index contributed by atoms with van der Waals surface area (Å²) in [7, 11) is 0. The molecule has 1 N–H and O–H groups in total. The van der Waals surface area contributed by atoms with Crippen LogP contribution in [0.5, 0.6) is 0 Å². The van der Waals surface area contributed by atoms with Crippen LogP contribution in [0.25, 0.3) is 17.2 Å². The summed E-state index contributed by atoms with van der Waals surface area (Å²) in [5, 5.41) is 13.7. The number of nitrogens with zero attached hydrogens (tertiary/aromatic N) is 4. The van der Waals surface area contributed by atoms with Crippen LogP contribution in [0.3, 0.4) is 0 Å². The maximum absolute atomic E-state index is 11.4. The van der Waals surface area contributed by atoms with E-state index in [4.69, 9.17) is 0 Å². The van der Waals surface area contributed by atoms with Gasteiger partial charge in [0.2, 0.25) is 5.95 Å². The van der Waals surface area contributed by atoms with E-state index in [0.717, 1.165) is 4.47 Å². The molecule has 6 nitrogen and oxygen atoms in total. The Balaban J connectivity index is 2.19. The molecule has 104 valence electrons. The molecule has 0 unspecified atom stereocenters. The molecule has 3 aromatic rings. The second-order valence-corrected chi connectivity index (χ2v) is 5.02. The van der Waals surface area contributed by atoms with Gasteiger partial charge >= 0.3 is 5.97 Å². The molecule has 0 aliphatic rings. The van der Waals surface area contributed by atoms with Crippen molar-refractivity contribution in [1.82, 2.24) is 19.7 Å². The molecule has 0 aliphatic carbocycles. The minimum Gasteiger partial charge on any atom is -0.478 e. The van der Waals surface area contributed by atoms with Crippen LogP contribution in [-0.2, 0) is 0 Å². The van der Waals surface area contributed by atoms with Crippen molar-refractivity contribution >= 4 is 21.9 Å². The predicted molar refractivity (Wildman–Crippen MR) is 79.2 cm³/mol. The summed E-state index contributed by atoms with van der Waals surface area (Å²) in [6, 6.07) is 8.99. The fraction of sp³-hybridized carbons (Fsp3) is 0. The third-order valence-electron chi connectivity index (χ3n) is 2.83. The number of aromatic carboxylic acids is 1. The van der Waals surface area contributed by atoms with Gasteiger partial charge in [-0.1, -0.05) is 34.1 Å². The van der Waals surface area contributed by atoms with Gasteiger partial charge in [0.1, 0.15) is 11.3 Å². The van der Waals surface area contributed by atoms with Gasteiger partial charge in [-0.25, -0.2) is 19.4 Å². The molecule has 7 heteroatoms. The van der Waals surface area contributed by atoms with E-state index < -0.39 is 5.97 Å². The van der Waals surface area contributed by atoms with Gasteiger partial charge in [-0.3, -0.25) is 0 Å². The number of aromatic nitrogens is 4. The molecule has 0 aliphatic heterocycles.